The quantitative estimate of drug-likeness (QED) is 0.757. The van der Waals surface area contributed by atoms with Crippen molar-refractivity contribution >= 4 is 11.8 Å². The van der Waals surface area contributed by atoms with Crippen LogP contribution in [0.2, 0.25) is 0 Å². The Hall–Kier alpha value is -2.12. The molecular weight excluding hydrogens is 324 g/mol. The minimum atomic E-state index is -0.792. The molecule has 1 aromatic rings. The number of piperidine rings is 1. The van der Waals surface area contributed by atoms with E-state index >= 15 is 0 Å². The molecule has 25 heavy (non-hydrogen) atoms. The lowest BCUT2D eigenvalue weighted by Gasteiger charge is -2.43. The summed E-state index contributed by atoms with van der Waals surface area (Å²) in [5, 5.41) is 10.7. The van der Waals surface area contributed by atoms with Crippen molar-refractivity contribution in [3.8, 4) is 5.75 Å². The fourth-order valence-corrected chi connectivity index (χ4v) is 3.03. The maximum Gasteiger partial charge on any atom is 0.255 e. The van der Waals surface area contributed by atoms with Crippen molar-refractivity contribution in [2.75, 3.05) is 33.4 Å². The molecule has 1 fully saturated rings. The van der Waals surface area contributed by atoms with Crippen molar-refractivity contribution < 1.29 is 24.2 Å². The third-order valence-electron chi connectivity index (χ3n) is 4.73. The van der Waals surface area contributed by atoms with Gasteiger partial charge in [0.1, 0.15) is 5.75 Å². The predicted molar refractivity (Wildman–Crippen MR) is 92.3 cm³/mol. The number of aliphatic hydroxyl groups is 1. The van der Waals surface area contributed by atoms with Crippen LogP contribution in [-0.2, 0) is 9.53 Å². The highest BCUT2D eigenvalue weighted by atomic mass is 16.5. The summed E-state index contributed by atoms with van der Waals surface area (Å²) < 4.78 is 10.3. The minimum Gasteiger partial charge on any atom is -0.484 e. The summed E-state index contributed by atoms with van der Waals surface area (Å²) >= 11 is 0. The van der Waals surface area contributed by atoms with E-state index in [2.05, 4.69) is 0 Å². The Morgan fingerprint density at radius 2 is 2.04 bits per heavy atom. The van der Waals surface area contributed by atoms with Gasteiger partial charge >= 0.3 is 0 Å². The molecule has 0 unspecified atom stereocenters. The third kappa shape index (κ3) is 4.93. The maximum absolute atomic E-state index is 12.7. The second-order valence-electron chi connectivity index (χ2n) is 6.53. The van der Waals surface area contributed by atoms with Gasteiger partial charge < -0.3 is 25.2 Å². The number of hydrogen-bond acceptors (Lipinski definition) is 5. The molecule has 0 spiro atoms. The van der Waals surface area contributed by atoms with Crippen molar-refractivity contribution in [3.63, 3.8) is 0 Å². The number of ether oxygens (including phenoxy) is 2. The van der Waals surface area contributed by atoms with E-state index in [9.17, 15) is 14.7 Å². The molecule has 1 aliphatic heterocycles. The van der Waals surface area contributed by atoms with Gasteiger partial charge in [-0.3, -0.25) is 9.59 Å². The molecule has 0 saturated carbocycles. The minimum absolute atomic E-state index is 0.0291. The van der Waals surface area contributed by atoms with Gasteiger partial charge in [-0.25, -0.2) is 0 Å². The van der Waals surface area contributed by atoms with E-state index in [0.29, 0.717) is 43.9 Å². The highest BCUT2D eigenvalue weighted by Gasteiger charge is 2.39. The first-order valence-electron chi connectivity index (χ1n) is 8.37. The number of amides is 2. The summed E-state index contributed by atoms with van der Waals surface area (Å²) in [6.07, 6.45) is 1.10. The van der Waals surface area contributed by atoms with Crippen molar-refractivity contribution in [3.05, 3.63) is 29.8 Å². The van der Waals surface area contributed by atoms with Crippen LogP contribution < -0.4 is 10.5 Å². The first-order valence-corrected chi connectivity index (χ1v) is 8.37. The monoisotopic (exact) mass is 350 g/mol. The Morgan fingerprint density at radius 1 is 1.36 bits per heavy atom. The Morgan fingerprint density at radius 3 is 2.60 bits per heavy atom. The first kappa shape index (κ1) is 19.2. The van der Waals surface area contributed by atoms with Crippen LogP contribution in [0.5, 0.6) is 5.75 Å². The van der Waals surface area contributed by atoms with Gasteiger partial charge in [0.25, 0.3) is 11.8 Å². The van der Waals surface area contributed by atoms with Gasteiger partial charge in [0.15, 0.2) is 6.61 Å². The van der Waals surface area contributed by atoms with E-state index in [1.165, 1.54) is 0 Å². The number of likely N-dealkylation sites (tertiary alicyclic amines) is 1. The lowest BCUT2D eigenvalue weighted by atomic mass is 9.79. The zero-order chi connectivity index (χ0) is 18.4. The standard InChI is InChI=1S/C18H26N2O5/c1-13-11-20(9-7-18(13,23)8-10-24-2)17(22)14-3-5-15(6-4-14)25-12-16(19)21/h3-6,13,23H,7-12H2,1-2H3,(H2,19,21)/t13-,18-/m0/s1. The molecule has 2 amide bonds. The molecule has 1 heterocycles. The summed E-state index contributed by atoms with van der Waals surface area (Å²) in [6, 6.07) is 6.60. The zero-order valence-electron chi connectivity index (χ0n) is 14.7. The molecule has 0 aromatic heterocycles. The Balaban J connectivity index is 1.96. The fourth-order valence-electron chi connectivity index (χ4n) is 3.03. The van der Waals surface area contributed by atoms with Crippen LogP contribution in [0, 0.1) is 5.92 Å². The molecule has 0 aliphatic carbocycles. The Kier molecular flexibility index (Phi) is 6.39. The second-order valence-corrected chi connectivity index (χ2v) is 6.53. The molecule has 7 nitrogen and oxygen atoms in total. The zero-order valence-corrected chi connectivity index (χ0v) is 14.7. The predicted octanol–water partition coefficient (Wildman–Crippen LogP) is 0.800. The maximum atomic E-state index is 12.7. The Bertz CT molecular complexity index is 604. The van der Waals surface area contributed by atoms with Crippen LogP contribution in [0.3, 0.4) is 0 Å². The number of methoxy groups -OCH3 is 1. The molecule has 3 N–H and O–H groups in total. The van der Waals surface area contributed by atoms with Crippen LogP contribution in [0.4, 0.5) is 0 Å². The van der Waals surface area contributed by atoms with Crippen LogP contribution in [0.1, 0.15) is 30.1 Å². The number of primary amides is 1. The number of carbonyl (C=O) groups is 2. The fraction of sp³-hybridized carbons (Fsp3) is 0.556. The van der Waals surface area contributed by atoms with Gasteiger partial charge in [-0.15, -0.1) is 0 Å². The summed E-state index contributed by atoms with van der Waals surface area (Å²) in [5.41, 5.74) is 4.78. The summed E-state index contributed by atoms with van der Waals surface area (Å²) in [5.74, 6) is -0.180. The summed E-state index contributed by atoms with van der Waals surface area (Å²) in [4.78, 5) is 25.1. The molecule has 1 aliphatic rings. The average molecular weight is 350 g/mol. The summed E-state index contributed by atoms with van der Waals surface area (Å²) in [6.45, 7) is 3.26. The van der Waals surface area contributed by atoms with Crippen LogP contribution in [0.25, 0.3) is 0 Å². The van der Waals surface area contributed by atoms with E-state index in [0.717, 1.165) is 0 Å². The van der Waals surface area contributed by atoms with Gasteiger partial charge in [0, 0.05) is 38.3 Å². The van der Waals surface area contributed by atoms with Crippen LogP contribution in [-0.4, -0.2) is 60.8 Å². The molecule has 1 saturated heterocycles. The number of hydrogen-bond donors (Lipinski definition) is 2. The third-order valence-corrected chi connectivity index (χ3v) is 4.73. The normalized spacial score (nSPS) is 23.3. The largest absolute Gasteiger partial charge is 0.484 e. The van der Waals surface area contributed by atoms with Crippen molar-refractivity contribution in [1.29, 1.82) is 0 Å². The number of rotatable bonds is 7. The van der Waals surface area contributed by atoms with E-state index in [4.69, 9.17) is 15.2 Å². The number of carbonyl (C=O) groups excluding carboxylic acids is 2. The van der Waals surface area contributed by atoms with Crippen LogP contribution >= 0.6 is 0 Å². The lowest BCUT2D eigenvalue weighted by molar-refractivity contribution is -0.119. The topological polar surface area (TPSA) is 102 Å². The van der Waals surface area contributed by atoms with E-state index in [1.807, 2.05) is 6.92 Å². The smallest absolute Gasteiger partial charge is 0.255 e. The van der Waals surface area contributed by atoms with E-state index < -0.39 is 11.5 Å². The SMILES string of the molecule is COCC[C@@]1(O)CCN(C(=O)c2ccc(OCC(N)=O)cc2)C[C@@H]1C. The second kappa shape index (κ2) is 8.31. The summed E-state index contributed by atoms with van der Waals surface area (Å²) in [7, 11) is 1.61. The van der Waals surface area contributed by atoms with Gasteiger partial charge in [0.05, 0.1) is 5.60 Å². The number of nitrogens with two attached hydrogens (primary N) is 1. The van der Waals surface area contributed by atoms with E-state index in [1.54, 1.807) is 36.3 Å². The van der Waals surface area contributed by atoms with Gasteiger partial charge in [-0.05, 0) is 37.1 Å². The number of nitrogens with zero attached hydrogens (tertiary/aromatic N) is 1. The highest BCUT2D eigenvalue weighted by Crippen LogP contribution is 2.31. The molecule has 7 heteroatoms. The Labute approximate surface area is 147 Å². The van der Waals surface area contributed by atoms with Gasteiger partial charge in [0.2, 0.25) is 0 Å². The van der Waals surface area contributed by atoms with E-state index in [-0.39, 0.29) is 18.4 Å². The molecule has 138 valence electrons. The molecule has 0 radical (unpaired) electrons. The molecule has 2 rings (SSSR count). The van der Waals surface area contributed by atoms with Gasteiger partial charge in [-0.2, -0.15) is 0 Å². The van der Waals surface area contributed by atoms with Crippen molar-refractivity contribution in [2.24, 2.45) is 11.7 Å². The average Bonchev–Trinajstić information content (AvgIpc) is 2.60. The van der Waals surface area contributed by atoms with Gasteiger partial charge in [-0.1, -0.05) is 6.92 Å². The van der Waals surface area contributed by atoms with Crippen molar-refractivity contribution in [2.45, 2.75) is 25.4 Å². The van der Waals surface area contributed by atoms with Crippen molar-refractivity contribution in [1.82, 2.24) is 4.90 Å². The molecular formula is C18H26N2O5. The molecule has 1 aromatic carbocycles. The molecule has 2 atom stereocenters. The van der Waals surface area contributed by atoms with Crippen LogP contribution in [0.15, 0.2) is 24.3 Å². The lowest BCUT2D eigenvalue weighted by Crippen LogP contribution is -2.52. The molecule has 0 bridgehead atoms. The first-order chi connectivity index (χ1) is 11.9. The number of benzene rings is 1. The highest BCUT2D eigenvalue weighted by molar-refractivity contribution is 5.94.